The molecule has 0 saturated heterocycles. The Hall–Kier alpha value is -0.910. The third-order valence-corrected chi connectivity index (χ3v) is 4.41. The summed E-state index contributed by atoms with van der Waals surface area (Å²) in [5, 5.41) is 12.8. The summed E-state index contributed by atoms with van der Waals surface area (Å²) < 4.78 is 6.78. The number of aromatic nitrogens is 1. The van der Waals surface area contributed by atoms with Gasteiger partial charge in [0.15, 0.2) is 0 Å². The van der Waals surface area contributed by atoms with Gasteiger partial charge in [0, 0.05) is 20.8 Å². The van der Waals surface area contributed by atoms with E-state index in [9.17, 15) is 5.11 Å². The number of aliphatic hydroxyl groups is 1. The average molecular weight is 370 g/mol. The molecular formula is C16H20BrNO2S. The smallest absolute Gasteiger partial charge is 0.140 e. The molecule has 1 atom stereocenters. The molecule has 3 nitrogen and oxygen atoms in total. The van der Waals surface area contributed by atoms with Gasteiger partial charge in [-0.15, -0.1) is 11.3 Å². The third kappa shape index (κ3) is 4.28. The van der Waals surface area contributed by atoms with Crippen molar-refractivity contribution in [2.24, 2.45) is 0 Å². The molecular weight excluding hydrogens is 350 g/mol. The van der Waals surface area contributed by atoms with Crippen molar-refractivity contribution in [2.75, 3.05) is 0 Å². The van der Waals surface area contributed by atoms with Gasteiger partial charge in [0.05, 0.1) is 11.8 Å². The lowest BCUT2D eigenvalue weighted by atomic mass is 9.93. The molecule has 2 aromatic rings. The average Bonchev–Trinajstić information content (AvgIpc) is 2.84. The maximum absolute atomic E-state index is 9.80. The van der Waals surface area contributed by atoms with Crippen LogP contribution in [0.4, 0.5) is 0 Å². The zero-order valence-corrected chi connectivity index (χ0v) is 15.1. The van der Waals surface area contributed by atoms with Crippen molar-refractivity contribution in [2.45, 2.75) is 45.8 Å². The molecule has 5 heteroatoms. The molecule has 21 heavy (non-hydrogen) atoms. The minimum Gasteiger partial charge on any atom is -0.486 e. The largest absolute Gasteiger partial charge is 0.486 e. The zero-order chi connectivity index (χ0) is 15.6. The van der Waals surface area contributed by atoms with Crippen LogP contribution >= 0.6 is 27.3 Å². The van der Waals surface area contributed by atoms with Gasteiger partial charge in [-0.3, -0.25) is 0 Å². The van der Waals surface area contributed by atoms with E-state index in [0.29, 0.717) is 12.4 Å². The number of hydrogen-bond donors (Lipinski definition) is 1. The van der Waals surface area contributed by atoms with E-state index in [0.717, 1.165) is 20.7 Å². The Morgan fingerprint density at radius 3 is 2.67 bits per heavy atom. The van der Waals surface area contributed by atoms with E-state index >= 15 is 0 Å². The molecule has 0 bridgehead atoms. The number of nitrogens with zero attached hydrogens (tertiary/aromatic N) is 1. The first kappa shape index (κ1) is 16.5. The molecule has 0 fully saturated rings. The van der Waals surface area contributed by atoms with Crippen LogP contribution in [-0.4, -0.2) is 10.1 Å². The summed E-state index contributed by atoms with van der Waals surface area (Å²) in [6.45, 7) is 8.58. The summed E-state index contributed by atoms with van der Waals surface area (Å²) in [4.78, 5) is 4.61. The highest BCUT2D eigenvalue weighted by atomic mass is 79.9. The predicted molar refractivity (Wildman–Crippen MR) is 89.9 cm³/mol. The summed E-state index contributed by atoms with van der Waals surface area (Å²) in [5.74, 6) is 0.687. The van der Waals surface area contributed by atoms with Crippen molar-refractivity contribution in [3.63, 3.8) is 0 Å². The molecule has 1 aromatic heterocycles. The molecule has 1 unspecified atom stereocenters. The summed E-state index contributed by atoms with van der Waals surface area (Å²) in [6.07, 6.45) is -0.561. The molecule has 0 amide bonds. The maximum Gasteiger partial charge on any atom is 0.140 e. The van der Waals surface area contributed by atoms with E-state index in [2.05, 4.69) is 47.1 Å². The molecule has 0 aliphatic heterocycles. The van der Waals surface area contributed by atoms with Crippen LogP contribution in [0.2, 0.25) is 0 Å². The van der Waals surface area contributed by atoms with Gasteiger partial charge in [-0.2, -0.15) is 0 Å². The number of thiazole rings is 1. The molecule has 114 valence electrons. The number of halogens is 1. The molecule has 1 heterocycles. The number of ether oxygens (including phenoxy) is 1. The van der Waals surface area contributed by atoms with E-state index in [-0.39, 0.29) is 5.41 Å². The third-order valence-electron chi connectivity index (χ3n) is 3.10. The summed E-state index contributed by atoms with van der Waals surface area (Å²) in [6, 6.07) is 5.64. The fourth-order valence-corrected chi connectivity index (χ4v) is 3.11. The first-order valence-corrected chi connectivity index (χ1v) is 8.50. The molecule has 0 radical (unpaired) electrons. The number of aliphatic hydroxyl groups excluding tert-OH is 1. The lowest BCUT2D eigenvalue weighted by Gasteiger charge is -2.15. The van der Waals surface area contributed by atoms with Crippen molar-refractivity contribution < 1.29 is 9.84 Å². The maximum atomic E-state index is 9.80. The van der Waals surface area contributed by atoms with Crippen LogP contribution in [-0.2, 0) is 12.0 Å². The van der Waals surface area contributed by atoms with E-state index in [1.807, 2.05) is 18.2 Å². The zero-order valence-electron chi connectivity index (χ0n) is 12.7. The van der Waals surface area contributed by atoms with Crippen molar-refractivity contribution >= 4 is 27.3 Å². The quantitative estimate of drug-likeness (QED) is 0.838. The van der Waals surface area contributed by atoms with E-state index in [1.165, 1.54) is 0 Å². The van der Waals surface area contributed by atoms with E-state index in [1.54, 1.807) is 18.3 Å². The van der Waals surface area contributed by atoms with Crippen LogP contribution in [0.5, 0.6) is 5.75 Å². The van der Waals surface area contributed by atoms with Crippen molar-refractivity contribution in [3.05, 3.63) is 44.3 Å². The van der Waals surface area contributed by atoms with Crippen molar-refractivity contribution in [1.82, 2.24) is 4.98 Å². The second-order valence-corrected chi connectivity index (χ2v) is 7.88. The molecule has 1 N–H and O–H groups in total. The highest BCUT2D eigenvalue weighted by molar-refractivity contribution is 9.10. The molecule has 0 aliphatic carbocycles. The summed E-state index contributed by atoms with van der Waals surface area (Å²) >= 11 is 5.03. The first-order chi connectivity index (χ1) is 9.77. The highest BCUT2D eigenvalue weighted by Crippen LogP contribution is 2.30. The Kier molecular flexibility index (Phi) is 5.07. The highest BCUT2D eigenvalue weighted by Gasteiger charge is 2.18. The van der Waals surface area contributed by atoms with Crippen LogP contribution in [0.25, 0.3) is 0 Å². The molecule has 0 aliphatic rings. The van der Waals surface area contributed by atoms with Crippen molar-refractivity contribution in [3.8, 4) is 5.75 Å². The van der Waals surface area contributed by atoms with Crippen LogP contribution < -0.4 is 4.74 Å². The lowest BCUT2D eigenvalue weighted by molar-refractivity contribution is 0.190. The Balaban J connectivity index is 2.13. The normalized spacial score (nSPS) is 13.2. The van der Waals surface area contributed by atoms with Crippen LogP contribution in [0.3, 0.4) is 0 Å². The summed E-state index contributed by atoms with van der Waals surface area (Å²) in [7, 11) is 0. The van der Waals surface area contributed by atoms with Crippen molar-refractivity contribution in [1.29, 1.82) is 0 Å². The van der Waals surface area contributed by atoms with Gasteiger partial charge in [-0.05, 0) is 19.1 Å². The fourth-order valence-electron chi connectivity index (χ4n) is 1.84. The summed E-state index contributed by atoms with van der Waals surface area (Å²) in [5.41, 5.74) is 1.91. The Morgan fingerprint density at radius 2 is 2.10 bits per heavy atom. The van der Waals surface area contributed by atoms with Crippen LogP contribution in [0, 0.1) is 0 Å². The Bertz CT molecular complexity index is 617. The molecule has 1 aromatic carbocycles. The van der Waals surface area contributed by atoms with Gasteiger partial charge in [-0.1, -0.05) is 42.8 Å². The molecule has 0 saturated carbocycles. The Labute approximate surface area is 138 Å². The molecule has 0 spiro atoms. The SMILES string of the molecule is CC(O)c1ccc(Br)cc1OCc1nc(C(C)(C)C)cs1. The Morgan fingerprint density at radius 1 is 1.38 bits per heavy atom. The fraction of sp³-hybridized carbons (Fsp3) is 0.438. The lowest BCUT2D eigenvalue weighted by Crippen LogP contribution is -2.11. The van der Waals surface area contributed by atoms with E-state index in [4.69, 9.17) is 4.74 Å². The minimum absolute atomic E-state index is 0.0509. The van der Waals surface area contributed by atoms with Crippen LogP contribution in [0.15, 0.2) is 28.1 Å². The van der Waals surface area contributed by atoms with E-state index < -0.39 is 6.10 Å². The van der Waals surface area contributed by atoms with Gasteiger partial charge >= 0.3 is 0 Å². The monoisotopic (exact) mass is 369 g/mol. The number of benzene rings is 1. The van der Waals surface area contributed by atoms with Gasteiger partial charge in [0.25, 0.3) is 0 Å². The van der Waals surface area contributed by atoms with Gasteiger partial charge < -0.3 is 9.84 Å². The predicted octanol–water partition coefficient (Wildman–Crippen LogP) is 4.84. The van der Waals surface area contributed by atoms with Gasteiger partial charge in [-0.25, -0.2) is 4.98 Å². The second-order valence-electron chi connectivity index (χ2n) is 6.02. The van der Waals surface area contributed by atoms with Gasteiger partial charge in [0.1, 0.15) is 17.4 Å². The number of hydrogen-bond acceptors (Lipinski definition) is 4. The van der Waals surface area contributed by atoms with Crippen LogP contribution in [0.1, 0.15) is 50.1 Å². The standard InChI is InChI=1S/C16H20BrNO2S/c1-10(19)12-6-5-11(17)7-13(12)20-8-15-18-14(9-21-15)16(2,3)4/h5-7,9-10,19H,8H2,1-4H3. The minimum atomic E-state index is -0.561. The number of rotatable bonds is 4. The second kappa shape index (κ2) is 6.46. The topological polar surface area (TPSA) is 42.4 Å². The molecule has 2 rings (SSSR count). The first-order valence-electron chi connectivity index (χ1n) is 6.82. The van der Waals surface area contributed by atoms with Gasteiger partial charge in [0.2, 0.25) is 0 Å².